The molecule has 2 saturated heterocycles. The maximum absolute atomic E-state index is 12.4. The number of hydrogen-bond acceptors (Lipinski definition) is 3. The van der Waals surface area contributed by atoms with Crippen LogP contribution in [0.4, 0.5) is 0 Å². The van der Waals surface area contributed by atoms with E-state index in [-0.39, 0.29) is 5.91 Å². The molecule has 2 aliphatic heterocycles. The SMILES string of the molecule is O=C(c1ccoc1Br)N1CCC(CN2CCCC2)CC1. The van der Waals surface area contributed by atoms with Crippen molar-refractivity contribution in [2.24, 2.45) is 5.92 Å². The molecule has 5 heteroatoms. The van der Waals surface area contributed by atoms with Crippen LogP contribution >= 0.6 is 15.9 Å². The van der Waals surface area contributed by atoms with Gasteiger partial charge in [-0.05, 0) is 66.7 Å². The van der Waals surface area contributed by atoms with Crippen molar-refractivity contribution in [3.63, 3.8) is 0 Å². The molecule has 110 valence electrons. The first-order valence-electron chi connectivity index (χ1n) is 7.48. The molecule has 20 heavy (non-hydrogen) atoms. The average Bonchev–Trinajstić information content (AvgIpc) is 3.10. The Morgan fingerprint density at radius 3 is 2.55 bits per heavy atom. The number of amides is 1. The predicted octanol–water partition coefficient (Wildman–Crippen LogP) is 2.99. The largest absolute Gasteiger partial charge is 0.457 e. The molecule has 0 spiro atoms. The highest BCUT2D eigenvalue weighted by Gasteiger charge is 2.27. The second-order valence-corrected chi connectivity index (χ2v) is 6.57. The summed E-state index contributed by atoms with van der Waals surface area (Å²) in [4.78, 5) is 16.9. The summed E-state index contributed by atoms with van der Waals surface area (Å²) in [5.74, 6) is 0.843. The quantitative estimate of drug-likeness (QED) is 0.848. The fraction of sp³-hybridized carbons (Fsp3) is 0.667. The van der Waals surface area contributed by atoms with Gasteiger partial charge < -0.3 is 14.2 Å². The third-order valence-electron chi connectivity index (χ3n) is 4.47. The molecule has 1 amide bonds. The number of likely N-dealkylation sites (tertiary alicyclic amines) is 2. The average molecular weight is 341 g/mol. The van der Waals surface area contributed by atoms with Crippen molar-refractivity contribution in [2.75, 3.05) is 32.7 Å². The molecule has 2 aliphatic rings. The maximum Gasteiger partial charge on any atom is 0.258 e. The van der Waals surface area contributed by atoms with Gasteiger partial charge in [-0.15, -0.1) is 0 Å². The summed E-state index contributed by atoms with van der Waals surface area (Å²) in [5.41, 5.74) is 0.642. The van der Waals surface area contributed by atoms with Crippen molar-refractivity contribution >= 4 is 21.8 Å². The summed E-state index contributed by atoms with van der Waals surface area (Å²) in [7, 11) is 0. The fourth-order valence-corrected chi connectivity index (χ4v) is 3.68. The van der Waals surface area contributed by atoms with Crippen LogP contribution in [0.25, 0.3) is 0 Å². The number of furan rings is 1. The molecule has 0 aliphatic carbocycles. The summed E-state index contributed by atoms with van der Waals surface area (Å²) in [5, 5.41) is 0. The van der Waals surface area contributed by atoms with Gasteiger partial charge in [0.05, 0.1) is 11.8 Å². The van der Waals surface area contributed by atoms with Crippen molar-refractivity contribution in [2.45, 2.75) is 25.7 Å². The smallest absolute Gasteiger partial charge is 0.258 e. The number of halogens is 1. The predicted molar refractivity (Wildman–Crippen MR) is 80.7 cm³/mol. The standard InChI is InChI=1S/C15H21BrN2O2/c16-14-13(5-10-20-14)15(19)18-8-3-12(4-9-18)11-17-6-1-2-7-17/h5,10,12H,1-4,6-9,11H2. The Morgan fingerprint density at radius 2 is 1.95 bits per heavy atom. The first kappa shape index (κ1) is 14.1. The van der Waals surface area contributed by atoms with Crippen molar-refractivity contribution in [3.05, 3.63) is 22.6 Å². The molecule has 3 rings (SSSR count). The highest BCUT2D eigenvalue weighted by Crippen LogP contribution is 2.24. The van der Waals surface area contributed by atoms with Crippen molar-refractivity contribution in [1.82, 2.24) is 9.80 Å². The number of carbonyl (C=O) groups is 1. The zero-order valence-electron chi connectivity index (χ0n) is 11.7. The summed E-state index contributed by atoms with van der Waals surface area (Å²) in [6.45, 7) is 5.49. The number of hydrogen-bond donors (Lipinski definition) is 0. The van der Waals surface area contributed by atoms with E-state index in [9.17, 15) is 4.79 Å². The van der Waals surface area contributed by atoms with Gasteiger partial charge in [0.2, 0.25) is 0 Å². The molecule has 0 saturated carbocycles. The Morgan fingerprint density at radius 1 is 1.25 bits per heavy atom. The number of nitrogens with zero attached hydrogens (tertiary/aromatic N) is 2. The molecule has 0 atom stereocenters. The van der Waals surface area contributed by atoms with Gasteiger partial charge in [0.15, 0.2) is 4.67 Å². The van der Waals surface area contributed by atoms with Gasteiger partial charge in [-0.3, -0.25) is 4.79 Å². The van der Waals surface area contributed by atoms with E-state index >= 15 is 0 Å². The normalized spacial score (nSPS) is 21.6. The number of rotatable bonds is 3. The van der Waals surface area contributed by atoms with Gasteiger partial charge in [0.25, 0.3) is 5.91 Å². The van der Waals surface area contributed by atoms with Gasteiger partial charge in [-0.25, -0.2) is 0 Å². The zero-order chi connectivity index (χ0) is 13.9. The van der Waals surface area contributed by atoms with Crippen molar-refractivity contribution in [3.8, 4) is 0 Å². The third kappa shape index (κ3) is 3.09. The van der Waals surface area contributed by atoms with Gasteiger partial charge in [-0.2, -0.15) is 0 Å². The van der Waals surface area contributed by atoms with Crippen molar-refractivity contribution < 1.29 is 9.21 Å². The first-order valence-corrected chi connectivity index (χ1v) is 8.28. The molecule has 0 unspecified atom stereocenters. The fourth-order valence-electron chi connectivity index (χ4n) is 3.27. The Balaban J connectivity index is 1.50. The van der Waals surface area contributed by atoms with E-state index in [4.69, 9.17) is 4.42 Å². The summed E-state index contributed by atoms with van der Waals surface area (Å²) in [6.07, 6.45) is 6.50. The van der Waals surface area contributed by atoms with Crippen LogP contribution in [-0.2, 0) is 0 Å². The van der Waals surface area contributed by atoms with Crippen LogP contribution in [0, 0.1) is 5.92 Å². The van der Waals surface area contributed by atoms with Crippen LogP contribution < -0.4 is 0 Å². The number of carbonyl (C=O) groups excluding carboxylic acids is 1. The van der Waals surface area contributed by atoms with E-state index < -0.39 is 0 Å². The van der Waals surface area contributed by atoms with Gasteiger partial charge >= 0.3 is 0 Å². The molecule has 0 N–H and O–H groups in total. The highest BCUT2D eigenvalue weighted by atomic mass is 79.9. The minimum atomic E-state index is 0.0882. The Labute approximate surface area is 128 Å². The van der Waals surface area contributed by atoms with Crippen LogP contribution in [0.1, 0.15) is 36.0 Å². The molecule has 2 fully saturated rings. The lowest BCUT2D eigenvalue weighted by atomic mass is 9.96. The van der Waals surface area contributed by atoms with E-state index in [1.54, 1.807) is 12.3 Å². The Kier molecular flexibility index (Phi) is 4.46. The summed E-state index contributed by atoms with van der Waals surface area (Å²) < 4.78 is 5.69. The second kappa shape index (κ2) is 6.31. The second-order valence-electron chi connectivity index (χ2n) is 5.85. The molecular formula is C15H21BrN2O2. The molecule has 1 aromatic heterocycles. The van der Waals surface area contributed by atoms with E-state index in [1.165, 1.54) is 32.5 Å². The lowest BCUT2D eigenvalue weighted by molar-refractivity contribution is 0.0671. The maximum atomic E-state index is 12.4. The zero-order valence-corrected chi connectivity index (χ0v) is 13.3. The van der Waals surface area contributed by atoms with Crippen LogP contribution in [0.5, 0.6) is 0 Å². The monoisotopic (exact) mass is 340 g/mol. The van der Waals surface area contributed by atoms with Gasteiger partial charge in [-0.1, -0.05) is 0 Å². The number of piperidine rings is 1. The van der Waals surface area contributed by atoms with Crippen molar-refractivity contribution in [1.29, 1.82) is 0 Å². The van der Waals surface area contributed by atoms with Crippen LogP contribution in [-0.4, -0.2) is 48.4 Å². The summed E-state index contributed by atoms with van der Waals surface area (Å²) in [6, 6.07) is 1.74. The minimum Gasteiger partial charge on any atom is -0.457 e. The van der Waals surface area contributed by atoms with E-state index in [0.29, 0.717) is 10.2 Å². The molecule has 0 radical (unpaired) electrons. The third-order valence-corrected chi connectivity index (χ3v) is 5.08. The van der Waals surface area contributed by atoms with E-state index in [2.05, 4.69) is 20.8 Å². The lowest BCUT2D eigenvalue weighted by Gasteiger charge is -2.33. The summed E-state index contributed by atoms with van der Waals surface area (Å²) >= 11 is 3.28. The van der Waals surface area contributed by atoms with Crippen LogP contribution in [0.2, 0.25) is 0 Å². The van der Waals surface area contributed by atoms with Crippen LogP contribution in [0.15, 0.2) is 21.4 Å². The first-order chi connectivity index (χ1) is 9.74. The Bertz CT molecular complexity index is 460. The van der Waals surface area contributed by atoms with Gasteiger partial charge in [0.1, 0.15) is 0 Å². The molecule has 3 heterocycles. The molecular weight excluding hydrogens is 320 g/mol. The Hall–Kier alpha value is -0.810. The molecule has 0 bridgehead atoms. The van der Waals surface area contributed by atoms with E-state index in [0.717, 1.165) is 31.8 Å². The highest BCUT2D eigenvalue weighted by molar-refractivity contribution is 9.10. The van der Waals surface area contributed by atoms with Crippen LogP contribution in [0.3, 0.4) is 0 Å². The molecule has 1 aromatic rings. The van der Waals surface area contributed by atoms with Gasteiger partial charge in [0, 0.05) is 19.6 Å². The topological polar surface area (TPSA) is 36.7 Å². The van der Waals surface area contributed by atoms with E-state index in [1.807, 2.05) is 4.90 Å². The molecule has 4 nitrogen and oxygen atoms in total. The molecule has 0 aromatic carbocycles. The lowest BCUT2D eigenvalue weighted by Crippen LogP contribution is -2.41. The minimum absolute atomic E-state index is 0.0882.